The summed E-state index contributed by atoms with van der Waals surface area (Å²) >= 11 is 1.16. The van der Waals surface area contributed by atoms with Crippen LogP contribution in [0.15, 0.2) is 35.8 Å². The summed E-state index contributed by atoms with van der Waals surface area (Å²) in [7, 11) is 1.94. The van der Waals surface area contributed by atoms with Gasteiger partial charge in [0.25, 0.3) is 5.91 Å². The third kappa shape index (κ3) is 14.8. The Kier molecular flexibility index (Phi) is 19.7. The molecule has 0 spiro atoms. The quantitative estimate of drug-likeness (QED) is 0.0427. The highest BCUT2D eigenvalue weighted by molar-refractivity contribution is 7.09. The number of carbonyl (C=O) groups is 5. The van der Waals surface area contributed by atoms with E-state index in [1.54, 1.807) is 42.2 Å². The Morgan fingerprint density at radius 1 is 1.08 bits per heavy atom. The molecule has 18 heteroatoms. The molecule has 17 nitrogen and oxygen atoms in total. The molecule has 0 unspecified atom stereocenters. The molecule has 4 rings (SSSR count). The van der Waals surface area contributed by atoms with Gasteiger partial charge in [0.05, 0.1) is 36.5 Å². The summed E-state index contributed by atoms with van der Waals surface area (Å²) in [4.78, 5) is 76.3. The standard InChI is InChI=1S/C46H71N9O8S/c1-9-30(4)40(51-42(59)37-15-11-12-20-53(37)8)44(60)54(21-13-10-14-35-27-48-52-55(35)22-23-56)38(29(2)3)25-39(63-31(5)57)43-50-36(28-64-43)41(58)49-34(26-46(6,7)45(61)62)24-32-16-18-33(47)19-17-32/h16-19,27-30,34,37-40,56H,9-15,20-26,47H2,1-8H3,(H,49,58)(H,51,59)(H,61,62)/t30-,34-,37+,38+,39+,40-/m0/s1. The maximum absolute atomic E-state index is 15.1. The molecule has 3 amide bonds. The van der Waals surface area contributed by atoms with Crippen LogP contribution < -0.4 is 16.4 Å². The van der Waals surface area contributed by atoms with Crippen molar-refractivity contribution in [3.63, 3.8) is 0 Å². The van der Waals surface area contributed by atoms with E-state index in [0.717, 1.165) is 42.0 Å². The number of amides is 3. The second-order valence-corrected chi connectivity index (χ2v) is 19.1. The van der Waals surface area contributed by atoms with Crippen LogP contribution in [-0.4, -0.2) is 121 Å². The number of carboxylic acid groups (broad SMARTS) is 1. The van der Waals surface area contributed by atoms with Crippen LogP contribution in [0.2, 0.25) is 0 Å². The number of carbonyl (C=O) groups excluding carboxylic acids is 4. The summed E-state index contributed by atoms with van der Waals surface area (Å²) < 4.78 is 7.62. The number of nitrogens with zero attached hydrogens (tertiary/aromatic N) is 6. The summed E-state index contributed by atoms with van der Waals surface area (Å²) in [6, 6.07) is 5.00. The summed E-state index contributed by atoms with van der Waals surface area (Å²) in [6.07, 6.45) is 6.63. The lowest BCUT2D eigenvalue weighted by molar-refractivity contribution is -0.150. The minimum Gasteiger partial charge on any atom is -0.481 e. The number of nitrogen functional groups attached to an aromatic ring is 1. The molecule has 3 heterocycles. The highest BCUT2D eigenvalue weighted by Gasteiger charge is 2.39. The van der Waals surface area contributed by atoms with Gasteiger partial charge in [-0.3, -0.25) is 28.9 Å². The molecule has 0 bridgehead atoms. The van der Waals surface area contributed by atoms with Crippen LogP contribution in [0.25, 0.3) is 0 Å². The Balaban J connectivity index is 1.64. The highest BCUT2D eigenvalue weighted by atomic mass is 32.1. The number of rotatable bonds is 25. The van der Waals surface area contributed by atoms with Gasteiger partial charge in [-0.2, -0.15) is 0 Å². The van der Waals surface area contributed by atoms with Crippen molar-refractivity contribution >= 4 is 46.7 Å². The van der Waals surface area contributed by atoms with E-state index < -0.39 is 47.5 Å². The van der Waals surface area contributed by atoms with Gasteiger partial charge in [0.1, 0.15) is 16.7 Å². The maximum atomic E-state index is 15.1. The summed E-state index contributed by atoms with van der Waals surface area (Å²) in [5.74, 6) is -2.76. The van der Waals surface area contributed by atoms with Gasteiger partial charge in [0.15, 0.2) is 6.10 Å². The smallest absolute Gasteiger partial charge is 0.309 e. The third-order valence-corrected chi connectivity index (χ3v) is 13.3. The summed E-state index contributed by atoms with van der Waals surface area (Å²) in [5, 5.41) is 35.6. The fourth-order valence-electron chi connectivity index (χ4n) is 8.29. The van der Waals surface area contributed by atoms with E-state index >= 15 is 4.79 Å². The topological polar surface area (TPSA) is 235 Å². The van der Waals surface area contributed by atoms with Crippen LogP contribution in [0.3, 0.4) is 0 Å². The fraction of sp³-hybridized carbons (Fsp3) is 0.652. The van der Waals surface area contributed by atoms with Gasteiger partial charge in [0.2, 0.25) is 11.8 Å². The zero-order valence-electron chi connectivity index (χ0n) is 38.9. The van der Waals surface area contributed by atoms with Gasteiger partial charge in [-0.25, -0.2) is 9.67 Å². The molecule has 0 aliphatic carbocycles. The van der Waals surface area contributed by atoms with Gasteiger partial charge in [0, 0.05) is 43.0 Å². The van der Waals surface area contributed by atoms with Crippen LogP contribution >= 0.6 is 11.3 Å². The number of unbranched alkanes of at least 4 members (excludes halogenated alkanes) is 1. The van der Waals surface area contributed by atoms with E-state index in [0.29, 0.717) is 62.3 Å². The van der Waals surface area contributed by atoms with Crippen molar-refractivity contribution in [1.29, 1.82) is 0 Å². The predicted molar refractivity (Wildman–Crippen MR) is 245 cm³/mol. The molecule has 354 valence electrons. The minimum absolute atomic E-state index is 0.0704. The normalized spacial score (nSPS) is 16.9. The molecule has 0 radical (unpaired) electrons. The summed E-state index contributed by atoms with van der Waals surface area (Å²) in [6.45, 7) is 13.9. The highest BCUT2D eigenvalue weighted by Crippen LogP contribution is 2.32. The molecule has 0 saturated carbocycles. The first-order chi connectivity index (χ1) is 30.3. The lowest BCUT2D eigenvalue weighted by atomic mass is 9.84. The molecule has 6 N–H and O–H groups in total. The molecule has 1 aromatic carbocycles. The Hall–Kier alpha value is -4.94. The van der Waals surface area contributed by atoms with Crippen molar-refractivity contribution in [2.75, 3.05) is 32.5 Å². The number of anilines is 1. The Morgan fingerprint density at radius 3 is 2.42 bits per heavy atom. The lowest BCUT2D eigenvalue weighted by Gasteiger charge is -2.40. The largest absolute Gasteiger partial charge is 0.481 e. The molecule has 1 aliphatic rings. The van der Waals surface area contributed by atoms with Gasteiger partial charge in [-0.05, 0) is 102 Å². The Labute approximate surface area is 381 Å². The number of thiazole rings is 1. The number of piperidine rings is 1. The van der Waals surface area contributed by atoms with Crippen molar-refractivity contribution in [2.24, 2.45) is 17.3 Å². The molecule has 3 aromatic rings. The van der Waals surface area contributed by atoms with Crippen molar-refractivity contribution in [3.8, 4) is 0 Å². The van der Waals surface area contributed by atoms with Crippen molar-refractivity contribution < 1.29 is 38.9 Å². The van der Waals surface area contributed by atoms with Crippen molar-refractivity contribution in [3.05, 3.63) is 57.8 Å². The number of aliphatic hydroxyl groups is 1. The van der Waals surface area contributed by atoms with Crippen LogP contribution in [0.4, 0.5) is 5.69 Å². The number of benzene rings is 1. The molecular weight excluding hydrogens is 839 g/mol. The van der Waals surface area contributed by atoms with E-state index in [2.05, 4.69) is 25.9 Å². The number of aryl methyl sites for hydroxylation is 1. The van der Waals surface area contributed by atoms with Crippen LogP contribution in [0.1, 0.15) is 133 Å². The number of likely N-dealkylation sites (N-methyl/N-ethyl adjacent to an activating group) is 1. The molecular formula is C46H71N9O8S. The molecule has 1 aliphatic heterocycles. The second-order valence-electron chi connectivity index (χ2n) is 18.3. The first-order valence-corrected chi connectivity index (χ1v) is 23.5. The van der Waals surface area contributed by atoms with Crippen molar-refractivity contribution in [1.82, 2.24) is 40.4 Å². The van der Waals surface area contributed by atoms with Crippen LogP contribution in [0, 0.1) is 17.3 Å². The number of aliphatic carboxylic acids is 1. The first-order valence-electron chi connectivity index (χ1n) is 22.7. The van der Waals surface area contributed by atoms with E-state index in [1.165, 1.54) is 6.92 Å². The number of aromatic nitrogens is 4. The summed E-state index contributed by atoms with van der Waals surface area (Å²) in [5.41, 5.74) is 7.16. The SMILES string of the molecule is CC[C@H](C)[C@H](NC(=O)[C@H]1CCCCN1C)C(=O)N(CCCCc1cnnn1CCO)[C@H](C[C@@H](OC(C)=O)c1nc(C(=O)N[C@@H](Cc2ccc(N)cc2)CC(C)(C)C(=O)O)cs1)C(C)C. The number of carboxylic acids is 1. The molecule has 6 atom stereocenters. The number of nitrogens with two attached hydrogens (primary N) is 1. The molecule has 64 heavy (non-hydrogen) atoms. The van der Waals surface area contributed by atoms with E-state index in [1.807, 2.05) is 56.7 Å². The second kappa shape index (κ2) is 24.4. The molecule has 1 saturated heterocycles. The van der Waals surface area contributed by atoms with Crippen LogP contribution in [-0.2, 0) is 43.3 Å². The van der Waals surface area contributed by atoms with E-state index in [-0.39, 0.29) is 54.8 Å². The van der Waals surface area contributed by atoms with Gasteiger partial charge >= 0.3 is 11.9 Å². The first kappa shape index (κ1) is 51.7. The fourth-order valence-corrected chi connectivity index (χ4v) is 9.13. The zero-order chi connectivity index (χ0) is 47.1. The molecule has 1 fully saturated rings. The number of ether oxygens (including phenoxy) is 1. The number of nitrogens with one attached hydrogen (secondary N) is 2. The van der Waals surface area contributed by atoms with Crippen molar-refractivity contribution in [2.45, 2.75) is 149 Å². The number of hydrogen-bond acceptors (Lipinski definition) is 13. The number of hydrogen-bond donors (Lipinski definition) is 5. The van der Waals surface area contributed by atoms with Crippen LogP contribution in [0.5, 0.6) is 0 Å². The van der Waals surface area contributed by atoms with Gasteiger partial charge < -0.3 is 36.2 Å². The maximum Gasteiger partial charge on any atom is 0.309 e. The number of aliphatic hydroxyl groups excluding tert-OH is 1. The predicted octanol–water partition coefficient (Wildman–Crippen LogP) is 5.04. The lowest BCUT2D eigenvalue weighted by Crippen LogP contribution is -2.59. The number of esters is 1. The Bertz CT molecular complexity index is 1990. The van der Waals surface area contributed by atoms with Gasteiger partial charge in [-0.15, -0.1) is 16.4 Å². The average Bonchev–Trinajstić information content (AvgIpc) is 3.92. The molecule has 2 aromatic heterocycles. The zero-order valence-corrected chi connectivity index (χ0v) is 39.7. The van der Waals surface area contributed by atoms with E-state index in [4.69, 9.17) is 10.5 Å². The monoisotopic (exact) mass is 910 g/mol. The average molecular weight is 910 g/mol. The number of likely N-dealkylation sites (tertiary alicyclic amines) is 1. The Morgan fingerprint density at radius 2 is 1.80 bits per heavy atom. The van der Waals surface area contributed by atoms with Gasteiger partial charge in [-0.1, -0.05) is 57.9 Å². The third-order valence-electron chi connectivity index (χ3n) is 12.3. The minimum atomic E-state index is -1.14. The van der Waals surface area contributed by atoms with E-state index in [9.17, 15) is 29.4 Å².